The number of aromatic nitrogens is 5. The summed E-state index contributed by atoms with van der Waals surface area (Å²) in [7, 11) is 0. The van der Waals surface area contributed by atoms with Crippen LogP contribution in [-0.2, 0) is 19.9 Å². The maximum absolute atomic E-state index is 13.8. The maximum atomic E-state index is 13.8. The molecule has 1 saturated heterocycles. The highest BCUT2D eigenvalue weighted by Gasteiger charge is 2.63. The van der Waals surface area contributed by atoms with Crippen LogP contribution in [0.5, 0.6) is 0 Å². The molecule has 1 unspecified atom stereocenters. The predicted molar refractivity (Wildman–Crippen MR) is 139 cm³/mol. The molecule has 3 aromatic rings. The highest BCUT2D eigenvalue weighted by atomic mass is 32.2. The molecule has 2 aromatic heterocycles. The highest BCUT2D eigenvalue weighted by Crippen LogP contribution is 2.51. The normalized spacial score (nSPS) is 29.2. The predicted octanol–water partition coefficient (Wildman–Crippen LogP) is 3.95. The Balaban J connectivity index is 1.35. The molecule has 3 heterocycles. The number of ether oxygens (including phenoxy) is 3. The van der Waals surface area contributed by atoms with Crippen LogP contribution >= 0.6 is 11.8 Å². The van der Waals surface area contributed by atoms with E-state index in [-0.39, 0.29) is 31.3 Å². The first kappa shape index (κ1) is 26.8. The van der Waals surface area contributed by atoms with Crippen molar-refractivity contribution in [1.82, 2.24) is 25.0 Å². The summed E-state index contributed by atoms with van der Waals surface area (Å²) in [5.74, 6) is -1.18. The number of hydrogen-bond acceptors (Lipinski definition) is 10. The number of fused-ring (bicyclic) bond motifs is 2. The van der Waals surface area contributed by atoms with Crippen molar-refractivity contribution in [2.45, 2.75) is 87.3 Å². The van der Waals surface area contributed by atoms with E-state index in [1.54, 1.807) is 10.7 Å². The van der Waals surface area contributed by atoms with Crippen LogP contribution in [0.4, 0.5) is 14.6 Å². The van der Waals surface area contributed by atoms with Crippen molar-refractivity contribution < 1.29 is 28.1 Å². The Kier molecular flexibility index (Phi) is 6.99. The fourth-order valence-electron chi connectivity index (χ4n) is 5.66. The summed E-state index contributed by atoms with van der Waals surface area (Å²) < 4.78 is 47.7. The smallest absolute Gasteiger partial charge is 0.196 e. The molecule has 6 rings (SSSR count). The van der Waals surface area contributed by atoms with Crippen molar-refractivity contribution in [3.8, 4) is 0 Å². The van der Waals surface area contributed by atoms with Gasteiger partial charge in [-0.2, -0.15) is 4.68 Å². The van der Waals surface area contributed by atoms with E-state index in [1.807, 2.05) is 13.8 Å². The van der Waals surface area contributed by atoms with Gasteiger partial charge in [-0.25, -0.2) is 18.7 Å². The van der Waals surface area contributed by atoms with Gasteiger partial charge in [0.05, 0.1) is 19.3 Å². The summed E-state index contributed by atoms with van der Waals surface area (Å²) in [6, 6.07) is 4.02. The van der Waals surface area contributed by atoms with Crippen molar-refractivity contribution in [1.29, 1.82) is 0 Å². The van der Waals surface area contributed by atoms with Crippen LogP contribution in [0.15, 0.2) is 23.4 Å². The minimum atomic E-state index is -0.982. The minimum Gasteiger partial charge on any atom is -0.394 e. The van der Waals surface area contributed by atoms with Gasteiger partial charge in [0, 0.05) is 24.1 Å². The van der Waals surface area contributed by atoms with E-state index < -0.39 is 29.3 Å². The third kappa shape index (κ3) is 4.88. The largest absolute Gasteiger partial charge is 0.394 e. The Labute approximate surface area is 228 Å². The Morgan fingerprint density at radius 1 is 1.26 bits per heavy atom. The summed E-state index contributed by atoms with van der Waals surface area (Å²) in [6.45, 7) is 5.91. The first-order valence-corrected chi connectivity index (χ1v) is 14.3. The van der Waals surface area contributed by atoms with Crippen LogP contribution < -0.4 is 5.32 Å². The lowest BCUT2D eigenvalue weighted by Gasteiger charge is -2.28. The van der Waals surface area contributed by atoms with E-state index in [0.717, 1.165) is 30.2 Å². The molecular formula is C26H32F2N6O4S. The number of anilines is 1. The highest BCUT2D eigenvalue weighted by molar-refractivity contribution is 7.99. The molecule has 10 nitrogen and oxygen atoms in total. The van der Waals surface area contributed by atoms with E-state index in [0.29, 0.717) is 35.0 Å². The third-order valence-electron chi connectivity index (χ3n) is 7.38. The molecule has 0 bridgehead atoms. The average Bonchev–Trinajstić information content (AvgIpc) is 3.25. The first-order valence-electron chi connectivity index (χ1n) is 13.3. The zero-order valence-corrected chi connectivity index (χ0v) is 22.9. The molecule has 2 saturated carbocycles. The van der Waals surface area contributed by atoms with Gasteiger partial charge in [-0.15, -0.1) is 5.10 Å². The molecule has 3 aliphatic rings. The number of thioether (sulfide) groups is 1. The van der Waals surface area contributed by atoms with Gasteiger partial charge in [0.1, 0.15) is 6.10 Å². The summed E-state index contributed by atoms with van der Waals surface area (Å²) in [5, 5.41) is 22.3. The van der Waals surface area contributed by atoms with Crippen LogP contribution in [-0.4, -0.2) is 73.1 Å². The average molecular weight is 563 g/mol. The second-order valence-electron chi connectivity index (χ2n) is 10.7. The van der Waals surface area contributed by atoms with Crippen molar-refractivity contribution in [2.24, 2.45) is 0 Å². The molecule has 13 heteroatoms. The van der Waals surface area contributed by atoms with Gasteiger partial charge in [-0.1, -0.05) is 30.0 Å². The van der Waals surface area contributed by atoms with Gasteiger partial charge >= 0.3 is 0 Å². The zero-order chi connectivity index (χ0) is 27.4. The molecule has 0 amide bonds. The van der Waals surface area contributed by atoms with E-state index in [2.05, 4.69) is 22.6 Å². The molecule has 39 heavy (non-hydrogen) atoms. The van der Waals surface area contributed by atoms with E-state index >= 15 is 0 Å². The zero-order valence-electron chi connectivity index (χ0n) is 22.1. The molecule has 0 spiro atoms. The summed E-state index contributed by atoms with van der Waals surface area (Å²) in [6.07, 6.45) is 2.18. The number of aliphatic hydroxyl groups excluding tert-OH is 1. The van der Waals surface area contributed by atoms with Crippen LogP contribution in [0, 0.1) is 11.6 Å². The molecular weight excluding hydrogens is 530 g/mol. The van der Waals surface area contributed by atoms with E-state index in [9.17, 15) is 13.9 Å². The van der Waals surface area contributed by atoms with Crippen LogP contribution in [0.2, 0.25) is 0 Å². The fraction of sp³-hybridized carbons (Fsp3) is 0.615. The number of rotatable bonds is 10. The van der Waals surface area contributed by atoms with Crippen molar-refractivity contribution in [3.05, 3.63) is 35.4 Å². The molecule has 2 N–H and O–H groups in total. The van der Waals surface area contributed by atoms with Gasteiger partial charge < -0.3 is 24.6 Å². The second-order valence-corrected chi connectivity index (χ2v) is 11.8. The maximum Gasteiger partial charge on any atom is 0.196 e. The topological polar surface area (TPSA) is 116 Å². The van der Waals surface area contributed by atoms with Crippen molar-refractivity contribution in [3.63, 3.8) is 0 Å². The Bertz CT molecular complexity index is 1380. The lowest BCUT2D eigenvalue weighted by molar-refractivity contribution is -0.192. The van der Waals surface area contributed by atoms with E-state index in [4.69, 9.17) is 24.2 Å². The quantitative estimate of drug-likeness (QED) is 0.278. The molecule has 3 fully saturated rings. The number of hydrogen-bond donors (Lipinski definition) is 2. The Hall–Kier alpha value is -2.45. The second kappa shape index (κ2) is 10.2. The lowest BCUT2D eigenvalue weighted by atomic mass is 10.1. The van der Waals surface area contributed by atoms with Crippen molar-refractivity contribution in [2.75, 3.05) is 24.3 Å². The lowest BCUT2D eigenvalue weighted by Crippen LogP contribution is -2.44. The van der Waals surface area contributed by atoms with Crippen LogP contribution in [0.1, 0.15) is 57.9 Å². The third-order valence-corrected chi connectivity index (χ3v) is 8.44. The molecule has 210 valence electrons. The number of nitrogens with zero attached hydrogens (tertiary/aromatic N) is 5. The molecule has 1 aromatic carbocycles. The van der Waals surface area contributed by atoms with Crippen LogP contribution in [0.25, 0.3) is 11.2 Å². The summed E-state index contributed by atoms with van der Waals surface area (Å²) in [4.78, 5) is 9.59. The van der Waals surface area contributed by atoms with Gasteiger partial charge in [-0.05, 0) is 50.8 Å². The molecule has 1 aliphatic heterocycles. The van der Waals surface area contributed by atoms with E-state index in [1.165, 1.54) is 17.8 Å². The Morgan fingerprint density at radius 3 is 2.87 bits per heavy atom. The Morgan fingerprint density at radius 2 is 2.10 bits per heavy atom. The number of halogens is 2. The SMILES string of the molecule is CCCSc1nc(NC2C[C@H]2c2ccc(F)c(F)c2)c2nnn([C@@]34CC[C@H](OCCO)[C@H]3OC(C)(C)O4)c2n1. The fourth-order valence-corrected chi connectivity index (χ4v) is 6.35. The summed E-state index contributed by atoms with van der Waals surface area (Å²) >= 11 is 1.54. The standard InChI is InChI=1S/C26H32F2N6O4S/c1-4-11-39-24-30-22(29-18-13-15(18)14-5-6-16(27)17(28)12-14)20-23(31-24)34(33-32-20)26-8-7-19(36-10-9-35)21(26)37-25(2,3)38-26/h5-6,12,15,18-19,21,35H,4,7-11,13H2,1-3H3,(H,29,30,31)/t15-,18?,19-,21+,26+/m0/s1. The first-order chi connectivity index (χ1) is 18.7. The minimum absolute atomic E-state index is 0.0132. The monoisotopic (exact) mass is 562 g/mol. The van der Waals surface area contributed by atoms with Gasteiger partial charge in [0.2, 0.25) is 0 Å². The van der Waals surface area contributed by atoms with Gasteiger partial charge in [-0.3, -0.25) is 0 Å². The number of aliphatic hydroxyl groups is 1. The van der Waals surface area contributed by atoms with Gasteiger partial charge in [0.25, 0.3) is 0 Å². The summed E-state index contributed by atoms with van der Waals surface area (Å²) in [5.41, 5.74) is 0.768. The molecule has 5 atom stereocenters. The number of benzene rings is 1. The van der Waals surface area contributed by atoms with Crippen LogP contribution in [0.3, 0.4) is 0 Å². The van der Waals surface area contributed by atoms with Gasteiger partial charge in [0.15, 0.2) is 45.3 Å². The van der Waals surface area contributed by atoms with Crippen molar-refractivity contribution >= 4 is 28.7 Å². The number of nitrogens with one attached hydrogen (secondary N) is 1. The molecule has 2 aliphatic carbocycles. The molecule has 0 radical (unpaired) electrons.